The number of aryl methyl sites for hydroxylation is 1. The van der Waals surface area contributed by atoms with Gasteiger partial charge in [-0.25, -0.2) is 0 Å². The van der Waals surface area contributed by atoms with Gasteiger partial charge in [0, 0.05) is 46.3 Å². The molecule has 0 amide bonds. The number of thiophene rings is 1. The maximum atomic E-state index is 12.8. The Morgan fingerprint density at radius 2 is 1.86 bits per heavy atom. The van der Waals surface area contributed by atoms with Crippen LogP contribution in [0.5, 0.6) is 0 Å². The van der Waals surface area contributed by atoms with E-state index in [0.29, 0.717) is 6.42 Å². The molecule has 0 spiro atoms. The van der Waals surface area contributed by atoms with Crippen molar-refractivity contribution in [2.45, 2.75) is 6.42 Å². The average Bonchev–Trinajstić information content (AvgIpc) is 3.35. The van der Waals surface area contributed by atoms with Gasteiger partial charge in [0.2, 0.25) is 0 Å². The van der Waals surface area contributed by atoms with Crippen molar-refractivity contribution in [3.8, 4) is 11.1 Å². The van der Waals surface area contributed by atoms with Crippen molar-refractivity contribution >= 4 is 38.0 Å². The smallest absolute Gasteiger partial charge is 0.168 e. The molecule has 0 saturated carbocycles. The van der Waals surface area contributed by atoms with E-state index in [-0.39, 0.29) is 5.78 Å². The number of carbonyl (C=O) groups is 1. The molecule has 3 heterocycles. The highest BCUT2D eigenvalue weighted by molar-refractivity contribution is 7.17. The molecule has 5 aromatic rings. The molecule has 136 valence electrons. The highest BCUT2D eigenvalue weighted by atomic mass is 32.1. The molecule has 4 nitrogen and oxygen atoms in total. The molecule has 0 aliphatic carbocycles. The van der Waals surface area contributed by atoms with Gasteiger partial charge >= 0.3 is 0 Å². The van der Waals surface area contributed by atoms with E-state index in [1.807, 2.05) is 55.3 Å². The molecule has 0 radical (unpaired) electrons. The molecule has 0 N–H and O–H groups in total. The predicted molar refractivity (Wildman–Crippen MR) is 114 cm³/mol. The molecule has 0 unspecified atom stereocenters. The number of ketones is 1. The number of aromatic nitrogens is 3. The lowest BCUT2D eigenvalue weighted by atomic mass is 10.0. The number of carbonyl (C=O) groups excluding carboxylic acids is 1. The molecule has 0 bridgehead atoms. The normalized spacial score (nSPS) is 11.3. The summed E-state index contributed by atoms with van der Waals surface area (Å²) in [6.45, 7) is 0. The third kappa shape index (κ3) is 3.10. The maximum Gasteiger partial charge on any atom is 0.168 e. The van der Waals surface area contributed by atoms with E-state index in [1.54, 1.807) is 16.0 Å². The summed E-state index contributed by atoms with van der Waals surface area (Å²) in [5.41, 5.74) is 3.70. The maximum absolute atomic E-state index is 12.8. The lowest BCUT2D eigenvalue weighted by molar-refractivity contribution is 0.0992. The van der Waals surface area contributed by atoms with Gasteiger partial charge < -0.3 is 0 Å². The van der Waals surface area contributed by atoms with Crippen LogP contribution in [0.25, 0.3) is 32.0 Å². The first-order chi connectivity index (χ1) is 13.7. The van der Waals surface area contributed by atoms with E-state index in [9.17, 15) is 4.79 Å². The molecule has 5 rings (SSSR count). The van der Waals surface area contributed by atoms with E-state index < -0.39 is 0 Å². The van der Waals surface area contributed by atoms with Crippen molar-refractivity contribution in [1.82, 2.24) is 14.8 Å². The molecule has 5 heteroatoms. The molecule has 28 heavy (non-hydrogen) atoms. The molecule has 0 aliphatic heterocycles. The van der Waals surface area contributed by atoms with E-state index in [4.69, 9.17) is 0 Å². The van der Waals surface area contributed by atoms with Gasteiger partial charge in [0.05, 0.1) is 12.6 Å². The summed E-state index contributed by atoms with van der Waals surface area (Å²) in [5.74, 6) is 0.0885. The summed E-state index contributed by atoms with van der Waals surface area (Å²) in [6.07, 6.45) is 5.98. The lowest BCUT2D eigenvalue weighted by Gasteiger charge is -2.05. The predicted octanol–water partition coefficient (Wildman–Crippen LogP) is 5.28. The van der Waals surface area contributed by atoms with E-state index in [0.717, 1.165) is 37.9 Å². The fourth-order valence-corrected chi connectivity index (χ4v) is 4.26. The third-order valence-electron chi connectivity index (χ3n) is 4.94. The van der Waals surface area contributed by atoms with E-state index in [2.05, 4.69) is 34.3 Å². The fraction of sp³-hybridized carbons (Fsp3) is 0.0870. The topological polar surface area (TPSA) is 47.8 Å². The second kappa shape index (κ2) is 6.69. The van der Waals surface area contributed by atoms with Gasteiger partial charge in [-0.15, -0.1) is 11.3 Å². The largest absolute Gasteiger partial charge is 0.294 e. The summed E-state index contributed by atoms with van der Waals surface area (Å²) in [5, 5.41) is 9.60. The Balaban J connectivity index is 1.45. The zero-order valence-corrected chi connectivity index (χ0v) is 16.1. The van der Waals surface area contributed by atoms with Crippen molar-refractivity contribution in [2.24, 2.45) is 7.05 Å². The third-order valence-corrected chi connectivity index (χ3v) is 5.82. The lowest BCUT2D eigenvalue weighted by Crippen LogP contribution is -2.04. The standard InChI is InChI=1S/C23H17N3OS/c1-26-14-20(13-25-26)16-3-5-18-12-24-21(9-19(18)8-16)11-22(27)17-4-2-15-6-7-28-23(15)10-17/h2-10,12-14H,11H2,1H3. The Morgan fingerprint density at radius 3 is 2.71 bits per heavy atom. The van der Waals surface area contributed by atoms with Crippen LogP contribution in [0.4, 0.5) is 0 Å². The first-order valence-corrected chi connectivity index (χ1v) is 9.92. The Hall–Kier alpha value is -3.31. The first kappa shape index (κ1) is 16.8. The molecule has 3 aromatic heterocycles. The van der Waals surface area contributed by atoms with Gasteiger partial charge in [-0.1, -0.05) is 24.3 Å². The molecule has 0 aliphatic rings. The Kier molecular flexibility index (Phi) is 4.02. The number of fused-ring (bicyclic) bond motifs is 2. The van der Waals surface area contributed by atoms with Crippen molar-refractivity contribution in [3.05, 3.63) is 83.8 Å². The van der Waals surface area contributed by atoms with Crippen LogP contribution in [0.3, 0.4) is 0 Å². The number of pyridine rings is 1. The van der Waals surface area contributed by atoms with Gasteiger partial charge in [-0.05, 0) is 46.0 Å². The van der Waals surface area contributed by atoms with Crippen molar-refractivity contribution in [2.75, 3.05) is 0 Å². The molecular weight excluding hydrogens is 366 g/mol. The highest BCUT2D eigenvalue weighted by Gasteiger charge is 2.11. The summed E-state index contributed by atoms with van der Waals surface area (Å²) in [4.78, 5) is 17.3. The van der Waals surface area contributed by atoms with Crippen LogP contribution in [0, 0.1) is 0 Å². The molecule has 2 aromatic carbocycles. The molecule has 0 atom stereocenters. The number of hydrogen-bond acceptors (Lipinski definition) is 4. The SMILES string of the molecule is Cn1cc(-c2ccc3cnc(CC(=O)c4ccc5ccsc5c4)cc3c2)cn1. The van der Waals surface area contributed by atoms with Crippen LogP contribution in [0.2, 0.25) is 0 Å². The Labute approximate surface area is 166 Å². The minimum atomic E-state index is 0.0885. The van der Waals surface area contributed by atoms with Crippen molar-refractivity contribution in [3.63, 3.8) is 0 Å². The van der Waals surface area contributed by atoms with Gasteiger partial charge in [0.15, 0.2) is 5.78 Å². The van der Waals surface area contributed by atoms with E-state index in [1.165, 1.54) is 5.39 Å². The van der Waals surface area contributed by atoms with Crippen LogP contribution < -0.4 is 0 Å². The zero-order chi connectivity index (χ0) is 19.1. The highest BCUT2D eigenvalue weighted by Crippen LogP contribution is 2.25. The number of hydrogen-bond donors (Lipinski definition) is 0. The average molecular weight is 383 g/mol. The Morgan fingerprint density at radius 1 is 0.964 bits per heavy atom. The van der Waals surface area contributed by atoms with E-state index >= 15 is 0 Å². The Bertz CT molecular complexity index is 1330. The summed E-state index contributed by atoms with van der Waals surface area (Å²) < 4.78 is 2.93. The number of nitrogens with zero attached hydrogens (tertiary/aromatic N) is 3. The quantitative estimate of drug-likeness (QED) is 0.397. The van der Waals surface area contributed by atoms with Gasteiger partial charge in [-0.3, -0.25) is 14.5 Å². The number of benzene rings is 2. The van der Waals surface area contributed by atoms with Gasteiger partial charge in [0.1, 0.15) is 0 Å². The number of rotatable bonds is 4. The first-order valence-electron chi connectivity index (χ1n) is 9.04. The summed E-state index contributed by atoms with van der Waals surface area (Å²) in [6, 6.07) is 16.2. The second-order valence-corrected chi connectivity index (χ2v) is 7.86. The minimum Gasteiger partial charge on any atom is -0.294 e. The van der Waals surface area contributed by atoms with Crippen LogP contribution in [0.1, 0.15) is 16.1 Å². The van der Waals surface area contributed by atoms with Crippen molar-refractivity contribution in [1.29, 1.82) is 0 Å². The van der Waals surface area contributed by atoms with Crippen molar-refractivity contribution < 1.29 is 4.79 Å². The summed E-state index contributed by atoms with van der Waals surface area (Å²) >= 11 is 1.65. The van der Waals surface area contributed by atoms with Gasteiger partial charge in [-0.2, -0.15) is 5.10 Å². The molecule has 0 saturated heterocycles. The fourth-order valence-electron chi connectivity index (χ4n) is 3.43. The van der Waals surface area contributed by atoms with Crippen LogP contribution in [-0.2, 0) is 13.5 Å². The molecule has 0 fully saturated rings. The molecular formula is C23H17N3OS. The minimum absolute atomic E-state index is 0.0885. The monoisotopic (exact) mass is 383 g/mol. The van der Waals surface area contributed by atoms with Crippen LogP contribution in [0.15, 0.2) is 72.5 Å². The second-order valence-electron chi connectivity index (χ2n) is 6.91. The zero-order valence-electron chi connectivity index (χ0n) is 15.3. The summed E-state index contributed by atoms with van der Waals surface area (Å²) in [7, 11) is 1.91. The van der Waals surface area contributed by atoms with Crippen LogP contribution >= 0.6 is 11.3 Å². The van der Waals surface area contributed by atoms with Gasteiger partial charge in [0.25, 0.3) is 0 Å². The number of Topliss-reactive ketones (excluding diaryl/α,β-unsaturated/α-hetero) is 1. The van der Waals surface area contributed by atoms with Crippen LogP contribution in [-0.4, -0.2) is 20.5 Å².